The highest BCUT2D eigenvalue weighted by Crippen LogP contribution is 2.37. The van der Waals surface area contributed by atoms with Gasteiger partial charge < -0.3 is 15.0 Å². The molecule has 2 heterocycles. The second-order valence-corrected chi connectivity index (χ2v) is 5.98. The van der Waals surface area contributed by atoms with E-state index in [0.29, 0.717) is 16.0 Å². The third kappa shape index (κ3) is 2.08. The number of hydrogen-bond acceptors (Lipinski definition) is 3. The number of nitrogens with zero attached hydrogens (tertiary/aromatic N) is 2. The van der Waals surface area contributed by atoms with Crippen molar-refractivity contribution in [3.63, 3.8) is 0 Å². The zero-order chi connectivity index (χ0) is 13.6. The summed E-state index contributed by atoms with van der Waals surface area (Å²) in [6.45, 7) is 3.64. The highest BCUT2D eigenvalue weighted by molar-refractivity contribution is 6.42. The first-order valence-electron chi connectivity index (χ1n) is 6.22. The van der Waals surface area contributed by atoms with Crippen LogP contribution in [0.4, 0.5) is 5.95 Å². The van der Waals surface area contributed by atoms with Gasteiger partial charge >= 0.3 is 0 Å². The summed E-state index contributed by atoms with van der Waals surface area (Å²) in [4.78, 5) is 4.39. The summed E-state index contributed by atoms with van der Waals surface area (Å²) in [7, 11) is 0. The molecule has 1 saturated heterocycles. The first-order chi connectivity index (χ1) is 9.01. The van der Waals surface area contributed by atoms with E-state index < -0.39 is 0 Å². The zero-order valence-electron chi connectivity index (χ0n) is 10.6. The molecule has 1 aromatic heterocycles. The molecule has 1 aliphatic heterocycles. The van der Waals surface area contributed by atoms with Gasteiger partial charge in [0.15, 0.2) is 0 Å². The summed E-state index contributed by atoms with van der Waals surface area (Å²) < 4.78 is 7.50. The maximum atomic E-state index is 6.11. The number of anilines is 1. The van der Waals surface area contributed by atoms with Crippen LogP contribution in [-0.2, 0) is 10.3 Å². The fourth-order valence-electron chi connectivity index (χ4n) is 2.69. The van der Waals surface area contributed by atoms with Crippen molar-refractivity contribution in [2.75, 3.05) is 18.9 Å². The lowest BCUT2D eigenvalue weighted by molar-refractivity contribution is 0.0321. The van der Waals surface area contributed by atoms with Crippen LogP contribution in [0.25, 0.3) is 11.0 Å². The molecule has 19 heavy (non-hydrogen) atoms. The number of hydrogen-bond donors (Lipinski definition) is 1. The van der Waals surface area contributed by atoms with Crippen molar-refractivity contribution in [2.45, 2.75) is 25.3 Å². The first-order valence-corrected chi connectivity index (χ1v) is 6.98. The number of rotatable bonds is 1. The van der Waals surface area contributed by atoms with E-state index in [9.17, 15) is 0 Å². The van der Waals surface area contributed by atoms with Crippen molar-refractivity contribution in [2.24, 2.45) is 0 Å². The minimum atomic E-state index is -0.0890. The first kappa shape index (κ1) is 13.0. The smallest absolute Gasteiger partial charge is 0.201 e. The van der Waals surface area contributed by atoms with Crippen LogP contribution < -0.4 is 5.73 Å². The van der Waals surface area contributed by atoms with Crippen LogP contribution in [0, 0.1) is 0 Å². The SMILES string of the molecule is CC1(n2c(N)nc3cc(Cl)c(Cl)cc32)CCOCC1. The Hall–Kier alpha value is -0.970. The third-order valence-electron chi connectivity index (χ3n) is 3.83. The number of aromatic nitrogens is 2. The summed E-state index contributed by atoms with van der Waals surface area (Å²) in [6.07, 6.45) is 1.81. The van der Waals surface area contributed by atoms with Crippen LogP contribution in [0.2, 0.25) is 10.0 Å². The summed E-state index contributed by atoms with van der Waals surface area (Å²) in [5, 5.41) is 1.02. The second kappa shape index (κ2) is 4.54. The summed E-state index contributed by atoms with van der Waals surface area (Å²) in [5.74, 6) is 0.498. The van der Waals surface area contributed by atoms with Gasteiger partial charge in [-0.25, -0.2) is 4.98 Å². The Balaban J connectivity index is 2.22. The van der Waals surface area contributed by atoms with Gasteiger partial charge in [-0.1, -0.05) is 23.2 Å². The van der Waals surface area contributed by atoms with Crippen LogP contribution in [0.3, 0.4) is 0 Å². The van der Waals surface area contributed by atoms with Crippen molar-refractivity contribution in [1.82, 2.24) is 9.55 Å². The number of nitrogens with two attached hydrogens (primary N) is 1. The molecule has 0 saturated carbocycles. The van der Waals surface area contributed by atoms with Gasteiger partial charge in [0.2, 0.25) is 5.95 Å². The molecule has 1 fully saturated rings. The van der Waals surface area contributed by atoms with Gasteiger partial charge in [0.25, 0.3) is 0 Å². The van der Waals surface area contributed by atoms with E-state index in [1.54, 1.807) is 6.07 Å². The van der Waals surface area contributed by atoms with E-state index >= 15 is 0 Å². The number of halogens is 2. The standard InChI is InChI=1S/C13H15Cl2N3O/c1-13(2-4-19-5-3-13)18-11-7-9(15)8(14)6-10(11)17-12(18)16/h6-7H,2-5H2,1H3,(H2,16,17). The summed E-state index contributed by atoms with van der Waals surface area (Å²) >= 11 is 12.1. The van der Waals surface area contributed by atoms with Gasteiger partial charge in [0.1, 0.15) is 0 Å². The van der Waals surface area contributed by atoms with E-state index in [1.165, 1.54) is 0 Å². The summed E-state index contributed by atoms with van der Waals surface area (Å²) in [5.41, 5.74) is 7.71. The maximum Gasteiger partial charge on any atom is 0.201 e. The molecule has 4 nitrogen and oxygen atoms in total. The van der Waals surface area contributed by atoms with Crippen molar-refractivity contribution in [1.29, 1.82) is 0 Å². The van der Waals surface area contributed by atoms with Crippen molar-refractivity contribution >= 4 is 40.2 Å². The Bertz CT molecular complexity index is 632. The van der Waals surface area contributed by atoms with Crippen LogP contribution in [0.15, 0.2) is 12.1 Å². The fourth-order valence-corrected chi connectivity index (χ4v) is 3.01. The van der Waals surface area contributed by atoms with Crippen LogP contribution in [0.1, 0.15) is 19.8 Å². The molecule has 0 atom stereocenters. The minimum Gasteiger partial charge on any atom is -0.381 e. The molecule has 3 rings (SSSR count). The molecule has 2 aromatic rings. The van der Waals surface area contributed by atoms with Crippen LogP contribution in [-0.4, -0.2) is 22.8 Å². The monoisotopic (exact) mass is 299 g/mol. The number of nitrogen functional groups attached to an aromatic ring is 1. The Morgan fingerprint density at radius 2 is 1.89 bits per heavy atom. The van der Waals surface area contributed by atoms with Crippen LogP contribution in [0.5, 0.6) is 0 Å². The largest absolute Gasteiger partial charge is 0.381 e. The summed E-state index contributed by atoms with van der Waals surface area (Å²) in [6, 6.07) is 3.60. The highest BCUT2D eigenvalue weighted by atomic mass is 35.5. The van der Waals surface area contributed by atoms with Gasteiger partial charge in [-0.3, -0.25) is 0 Å². The molecule has 102 valence electrons. The molecule has 0 amide bonds. The van der Waals surface area contributed by atoms with E-state index in [1.807, 2.05) is 6.07 Å². The normalized spacial score (nSPS) is 18.9. The molecule has 1 aromatic carbocycles. The molecule has 0 radical (unpaired) electrons. The van der Waals surface area contributed by atoms with E-state index in [0.717, 1.165) is 37.1 Å². The Morgan fingerprint density at radius 3 is 2.58 bits per heavy atom. The van der Waals surface area contributed by atoms with Crippen molar-refractivity contribution < 1.29 is 4.74 Å². The fraction of sp³-hybridized carbons (Fsp3) is 0.462. The predicted octanol–water partition coefficient (Wildman–Crippen LogP) is 3.45. The Labute approximate surface area is 121 Å². The number of fused-ring (bicyclic) bond motifs is 1. The lowest BCUT2D eigenvalue weighted by Crippen LogP contribution is -2.37. The van der Waals surface area contributed by atoms with E-state index in [2.05, 4.69) is 16.5 Å². The van der Waals surface area contributed by atoms with Crippen LogP contribution >= 0.6 is 23.2 Å². The van der Waals surface area contributed by atoms with Gasteiger partial charge in [-0.15, -0.1) is 0 Å². The van der Waals surface area contributed by atoms with Gasteiger partial charge in [0, 0.05) is 18.8 Å². The molecular formula is C13H15Cl2N3O. The van der Waals surface area contributed by atoms with Crippen molar-refractivity contribution in [3.8, 4) is 0 Å². The van der Waals surface area contributed by atoms with E-state index in [-0.39, 0.29) is 5.54 Å². The molecular weight excluding hydrogens is 285 g/mol. The average Bonchev–Trinajstić information content (AvgIpc) is 2.67. The zero-order valence-corrected chi connectivity index (χ0v) is 12.1. The molecule has 0 spiro atoms. The Morgan fingerprint density at radius 1 is 1.26 bits per heavy atom. The highest BCUT2D eigenvalue weighted by Gasteiger charge is 2.32. The molecule has 0 unspecified atom stereocenters. The topological polar surface area (TPSA) is 53.1 Å². The molecule has 6 heteroatoms. The van der Waals surface area contributed by atoms with Gasteiger partial charge in [0.05, 0.1) is 21.1 Å². The lowest BCUT2D eigenvalue weighted by Gasteiger charge is -2.36. The molecule has 2 N–H and O–H groups in total. The minimum absolute atomic E-state index is 0.0890. The number of imidazole rings is 1. The lowest BCUT2D eigenvalue weighted by atomic mass is 9.92. The third-order valence-corrected chi connectivity index (χ3v) is 4.55. The van der Waals surface area contributed by atoms with Gasteiger partial charge in [-0.2, -0.15) is 0 Å². The van der Waals surface area contributed by atoms with E-state index in [4.69, 9.17) is 33.7 Å². The molecule has 0 bridgehead atoms. The Kier molecular flexibility index (Phi) is 3.12. The molecule has 0 aliphatic carbocycles. The van der Waals surface area contributed by atoms with Gasteiger partial charge in [-0.05, 0) is 31.9 Å². The quantitative estimate of drug-likeness (QED) is 0.877. The number of benzene rings is 1. The average molecular weight is 300 g/mol. The van der Waals surface area contributed by atoms with Crippen molar-refractivity contribution in [3.05, 3.63) is 22.2 Å². The number of ether oxygens (including phenoxy) is 1. The molecule has 1 aliphatic rings. The maximum absolute atomic E-state index is 6.11. The predicted molar refractivity (Wildman–Crippen MR) is 77.9 cm³/mol. The second-order valence-electron chi connectivity index (χ2n) is 5.17.